The summed E-state index contributed by atoms with van der Waals surface area (Å²) in [4.78, 5) is 65.2. The smallest absolute Gasteiger partial charge is 0.408 e. The van der Waals surface area contributed by atoms with Gasteiger partial charge in [0.25, 0.3) is 5.91 Å². The Kier molecular flexibility index (Phi) is 10.7. The van der Waals surface area contributed by atoms with E-state index in [1.54, 1.807) is 51.1 Å². The lowest BCUT2D eigenvalue weighted by atomic mass is 9.91. The van der Waals surface area contributed by atoms with E-state index in [1.807, 2.05) is 0 Å². The van der Waals surface area contributed by atoms with Gasteiger partial charge in [0, 0.05) is 12.5 Å². The standard InChI is InChI=1S/C28H34N6O7.ClH/c1-17(35)33(34-24(37)28(5,32-25(34)38)20-13-11-19(12-14-20)22(29)30)15-21(23(36)41-27(2,3)4)31-26(39)40-16-18-9-7-6-8-10-18;/h6-14,21H,15-16H2,1-5H3,(H3,29,30)(H,31,39)(H,32,38);1H/t21-,28+;/m0./s1. The Morgan fingerprint density at radius 2 is 1.69 bits per heavy atom. The minimum absolute atomic E-state index is 0. The van der Waals surface area contributed by atoms with E-state index in [1.165, 1.54) is 31.2 Å². The SMILES string of the molecule is CC(=O)N(C[C@H](NC(=O)OCc1ccccc1)C(=O)OC(C)(C)C)N1C(=O)N[C@](C)(c2ccc(C(=N)N)cc2)C1=O.Cl. The van der Waals surface area contributed by atoms with Gasteiger partial charge in [-0.1, -0.05) is 54.6 Å². The molecule has 0 saturated carbocycles. The molecule has 5 amide bonds. The van der Waals surface area contributed by atoms with Crippen LogP contribution in [0.3, 0.4) is 0 Å². The molecule has 226 valence electrons. The minimum Gasteiger partial charge on any atom is -0.458 e. The predicted octanol–water partition coefficient (Wildman–Crippen LogP) is 2.56. The maximum Gasteiger partial charge on any atom is 0.408 e. The van der Waals surface area contributed by atoms with Gasteiger partial charge in [0.1, 0.15) is 29.6 Å². The van der Waals surface area contributed by atoms with E-state index in [0.29, 0.717) is 21.7 Å². The summed E-state index contributed by atoms with van der Waals surface area (Å²) in [6.45, 7) is 6.74. The molecule has 1 heterocycles. The molecule has 1 aliphatic rings. The summed E-state index contributed by atoms with van der Waals surface area (Å²) < 4.78 is 10.6. The zero-order chi connectivity index (χ0) is 30.5. The second-order valence-corrected chi connectivity index (χ2v) is 10.6. The second-order valence-electron chi connectivity index (χ2n) is 10.6. The minimum atomic E-state index is -1.58. The van der Waals surface area contributed by atoms with Gasteiger partial charge in [-0.05, 0) is 38.8 Å². The molecule has 1 aliphatic heterocycles. The first-order valence-electron chi connectivity index (χ1n) is 12.7. The number of halogens is 1. The van der Waals surface area contributed by atoms with E-state index < -0.39 is 53.6 Å². The highest BCUT2D eigenvalue weighted by Crippen LogP contribution is 2.30. The number of hydrogen-bond donors (Lipinski definition) is 4. The molecule has 1 saturated heterocycles. The van der Waals surface area contributed by atoms with Gasteiger partial charge >= 0.3 is 18.1 Å². The van der Waals surface area contributed by atoms with Gasteiger partial charge in [0.05, 0.1) is 6.54 Å². The van der Waals surface area contributed by atoms with Crippen molar-refractivity contribution in [3.8, 4) is 0 Å². The van der Waals surface area contributed by atoms with Gasteiger partial charge in [-0.2, -0.15) is 5.01 Å². The van der Waals surface area contributed by atoms with Crippen LogP contribution < -0.4 is 16.4 Å². The maximum atomic E-state index is 13.6. The molecule has 13 nitrogen and oxygen atoms in total. The summed E-state index contributed by atoms with van der Waals surface area (Å²) in [6, 6.07) is 12.5. The average molecular weight is 603 g/mol. The fraction of sp³-hybridized carbons (Fsp3) is 0.357. The summed E-state index contributed by atoms with van der Waals surface area (Å²) >= 11 is 0. The summed E-state index contributed by atoms with van der Waals surface area (Å²) in [5.74, 6) is -2.63. The first kappa shape index (κ1) is 33.6. The lowest BCUT2D eigenvalue weighted by molar-refractivity contribution is -0.164. The van der Waals surface area contributed by atoms with Crippen molar-refractivity contribution in [3.05, 3.63) is 71.3 Å². The van der Waals surface area contributed by atoms with Crippen LogP contribution in [0.4, 0.5) is 9.59 Å². The van der Waals surface area contributed by atoms with Crippen molar-refractivity contribution >= 4 is 48.2 Å². The van der Waals surface area contributed by atoms with Crippen LogP contribution in [0.2, 0.25) is 0 Å². The topological polar surface area (TPSA) is 184 Å². The van der Waals surface area contributed by atoms with Crippen molar-refractivity contribution in [1.29, 1.82) is 5.41 Å². The Hall–Kier alpha value is -4.65. The Balaban J connectivity index is 0.00000616. The van der Waals surface area contributed by atoms with E-state index >= 15 is 0 Å². The van der Waals surface area contributed by atoms with Gasteiger partial charge in [-0.3, -0.25) is 15.0 Å². The molecule has 0 radical (unpaired) electrons. The molecular weight excluding hydrogens is 568 g/mol. The number of urea groups is 1. The van der Waals surface area contributed by atoms with Crippen LogP contribution in [-0.4, -0.2) is 63.9 Å². The number of nitrogens with zero attached hydrogens (tertiary/aromatic N) is 2. The number of carbonyl (C=O) groups is 5. The molecule has 42 heavy (non-hydrogen) atoms. The monoisotopic (exact) mass is 602 g/mol. The highest BCUT2D eigenvalue weighted by atomic mass is 35.5. The fourth-order valence-corrected chi connectivity index (χ4v) is 4.01. The van der Waals surface area contributed by atoms with Crippen LogP contribution in [0.25, 0.3) is 0 Å². The zero-order valence-corrected chi connectivity index (χ0v) is 24.7. The number of nitrogens with one attached hydrogen (secondary N) is 3. The maximum absolute atomic E-state index is 13.6. The number of rotatable bonds is 9. The molecule has 3 rings (SSSR count). The van der Waals surface area contributed by atoms with Gasteiger partial charge < -0.3 is 25.8 Å². The molecule has 5 N–H and O–H groups in total. The number of esters is 1. The van der Waals surface area contributed by atoms with Crippen molar-refractivity contribution in [2.75, 3.05) is 6.54 Å². The molecule has 1 fully saturated rings. The molecule has 0 unspecified atom stereocenters. The number of alkyl carbamates (subject to hydrolysis) is 1. The third-order valence-corrected chi connectivity index (χ3v) is 6.10. The molecule has 0 aliphatic carbocycles. The van der Waals surface area contributed by atoms with Crippen molar-refractivity contribution in [1.82, 2.24) is 20.7 Å². The zero-order valence-electron chi connectivity index (χ0n) is 23.9. The Labute approximate surface area is 249 Å². The van der Waals surface area contributed by atoms with Crippen molar-refractivity contribution in [3.63, 3.8) is 0 Å². The normalized spacial score (nSPS) is 16.9. The molecule has 0 spiro atoms. The van der Waals surface area contributed by atoms with E-state index in [0.717, 1.165) is 11.9 Å². The van der Waals surface area contributed by atoms with Crippen LogP contribution in [-0.2, 0) is 36.0 Å². The summed E-state index contributed by atoms with van der Waals surface area (Å²) in [6.07, 6.45) is -0.971. The van der Waals surface area contributed by atoms with E-state index in [-0.39, 0.29) is 24.8 Å². The Bertz CT molecular complexity index is 1350. The number of imide groups is 1. The first-order valence-corrected chi connectivity index (χ1v) is 12.7. The highest BCUT2D eigenvalue weighted by Gasteiger charge is 2.52. The third-order valence-electron chi connectivity index (χ3n) is 6.10. The van der Waals surface area contributed by atoms with Gasteiger partial charge in [0.15, 0.2) is 0 Å². The van der Waals surface area contributed by atoms with Crippen LogP contribution in [0, 0.1) is 5.41 Å². The average Bonchev–Trinajstić information content (AvgIpc) is 3.13. The quantitative estimate of drug-likeness (QED) is 0.146. The molecule has 2 aromatic rings. The largest absolute Gasteiger partial charge is 0.458 e. The summed E-state index contributed by atoms with van der Waals surface area (Å²) in [7, 11) is 0. The summed E-state index contributed by atoms with van der Waals surface area (Å²) in [5.41, 5.74) is 4.47. The molecule has 0 bridgehead atoms. The van der Waals surface area contributed by atoms with Crippen LogP contribution in [0.1, 0.15) is 51.3 Å². The number of ether oxygens (including phenoxy) is 2. The van der Waals surface area contributed by atoms with E-state index in [2.05, 4.69) is 10.6 Å². The molecule has 14 heteroatoms. The second kappa shape index (κ2) is 13.3. The Morgan fingerprint density at radius 3 is 2.21 bits per heavy atom. The van der Waals surface area contributed by atoms with Gasteiger partial charge in [-0.25, -0.2) is 19.4 Å². The van der Waals surface area contributed by atoms with E-state index in [9.17, 15) is 24.0 Å². The molecular formula is C28H35ClN6O7. The number of amides is 5. The lowest BCUT2D eigenvalue weighted by Crippen LogP contribution is -2.58. The van der Waals surface area contributed by atoms with Crippen molar-refractivity contribution in [2.24, 2.45) is 5.73 Å². The van der Waals surface area contributed by atoms with Crippen molar-refractivity contribution in [2.45, 2.75) is 58.4 Å². The van der Waals surface area contributed by atoms with Crippen LogP contribution >= 0.6 is 12.4 Å². The summed E-state index contributed by atoms with van der Waals surface area (Å²) in [5, 5.41) is 13.9. The number of hydrogen-bond acceptors (Lipinski definition) is 8. The fourth-order valence-electron chi connectivity index (χ4n) is 4.01. The number of carbonyl (C=O) groups excluding carboxylic acids is 5. The first-order chi connectivity index (χ1) is 19.1. The van der Waals surface area contributed by atoms with Crippen LogP contribution in [0.15, 0.2) is 54.6 Å². The van der Waals surface area contributed by atoms with Gasteiger partial charge in [0.2, 0.25) is 5.91 Å². The number of benzene rings is 2. The van der Waals surface area contributed by atoms with Crippen LogP contribution in [0.5, 0.6) is 0 Å². The number of nitrogen functional groups attached to an aromatic ring is 1. The lowest BCUT2D eigenvalue weighted by Gasteiger charge is -2.32. The number of amidine groups is 1. The third kappa shape index (κ3) is 7.97. The molecule has 2 aromatic carbocycles. The highest BCUT2D eigenvalue weighted by molar-refractivity contribution is 6.08. The molecule has 2 atom stereocenters. The van der Waals surface area contributed by atoms with Crippen molar-refractivity contribution < 1.29 is 33.4 Å². The number of nitrogens with two attached hydrogens (primary N) is 1. The molecule has 0 aromatic heterocycles. The van der Waals surface area contributed by atoms with Gasteiger partial charge in [-0.15, -0.1) is 12.4 Å². The Morgan fingerprint density at radius 1 is 1.10 bits per heavy atom. The predicted molar refractivity (Wildman–Crippen MR) is 154 cm³/mol. The van der Waals surface area contributed by atoms with E-state index in [4.69, 9.17) is 20.6 Å². The number of hydrazine groups is 1.